The van der Waals surface area contributed by atoms with E-state index in [4.69, 9.17) is 14.6 Å². The number of nitrogens with zero attached hydrogens (tertiary/aromatic N) is 4. The van der Waals surface area contributed by atoms with E-state index in [1.807, 2.05) is 49.3 Å². The molecule has 10 heteroatoms. The van der Waals surface area contributed by atoms with Crippen molar-refractivity contribution in [3.8, 4) is 0 Å². The third kappa shape index (κ3) is 6.04. The molecular formula is C23H29N5O5. The fraction of sp³-hybridized carbons (Fsp3) is 0.435. The summed E-state index contributed by atoms with van der Waals surface area (Å²) in [6.07, 6.45) is 5.03. The molecule has 2 aliphatic rings. The van der Waals surface area contributed by atoms with E-state index in [0.29, 0.717) is 37.4 Å². The van der Waals surface area contributed by atoms with E-state index in [-0.39, 0.29) is 24.5 Å². The molecule has 0 bridgehead atoms. The van der Waals surface area contributed by atoms with Gasteiger partial charge in [-0.25, -0.2) is 9.97 Å². The molecule has 2 N–H and O–H groups in total. The molecule has 2 aromatic rings. The summed E-state index contributed by atoms with van der Waals surface area (Å²) in [4.78, 5) is 46.1. The summed E-state index contributed by atoms with van der Waals surface area (Å²) in [5.74, 6) is 0.226. The summed E-state index contributed by atoms with van der Waals surface area (Å²) in [6.45, 7) is 1.55. The molecule has 2 fully saturated rings. The quantitative estimate of drug-likeness (QED) is 0.514. The van der Waals surface area contributed by atoms with Gasteiger partial charge in [-0.05, 0) is 39.1 Å². The summed E-state index contributed by atoms with van der Waals surface area (Å²) in [7, 11) is 3.95. The lowest BCUT2D eigenvalue weighted by atomic mass is 9.76. The van der Waals surface area contributed by atoms with Gasteiger partial charge in [0, 0.05) is 44.1 Å². The van der Waals surface area contributed by atoms with Crippen molar-refractivity contribution in [2.45, 2.75) is 25.4 Å². The highest BCUT2D eigenvalue weighted by Crippen LogP contribution is 2.43. The lowest BCUT2D eigenvalue weighted by Crippen LogP contribution is -2.45. The SMILES string of the molecule is CN(C)CC1CC2(CCN(C(=O)c3cnc(Nc4ccccc4)nc3)CC2)C(=O)O1.O=CO. The second kappa shape index (κ2) is 10.9. The highest BCUT2D eigenvalue weighted by Gasteiger charge is 2.50. The van der Waals surface area contributed by atoms with Gasteiger partial charge in [-0.2, -0.15) is 0 Å². The van der Waals surface area contributed by atoms with Crippen LogP contribution in [-0.2, 0) is 14.3 Å². The molecule has 0 aliphatic carbocycles. The number of hydrogen-bond acceptors (Lipinski definition) is 8. The van der Waals surface area contributed by atoms with Crippen molar-refractivity contribution in [1.29, 1.82) is 0 Å². The Kier molecular flexibility index (Phi) is 7.94. The molecule has 1 spiro atoms. The normalized spacial score (nSPS) is 18.9. The van der Waals surface area contributed by atoms with Crippen LogP contribution >= 0.6 is 0 Å². The van der Waals surface area contributed by atoms with Gasteiger partial charge in [0.25, 0.3) is 12.4 Å². The van der Waals surface area contributed by atoms with Gasteiger partial charge < -0.3 is 25.0 Å². The minimum absolute atomic E-state index is 0.0622. The van der Waals surface area contributed by atoms with Crippen LogP contribution in [0.25, 0.3) is 0 Å². The molecule has 2 saturated heterocycles. The number of ether oxygens (including phenoxy) is 1. The van der Waals surface area contributed by atoms with Gasteiger partial charge in [0.1, 0.15) is 6.10 Å². The maximum absolute atomic E-state index is 12.9. The van der Waals surface area contributed by atoms with Crippen LogP contribution in [0, 0.1) is 5.41 Å². The van der Waals surface area contributed by atoms with E-state index in [1.165, 1.54) is 0 Å². The van der Waals surface area contributed by atoms with Crippen molar-refractivity contribution >= 4 is 30.0 Å². The lowest BCUT2D eigenvalue weighted by Gasteiger charge is -2.36. The second-order valence-corrected chi connectivity index (χ2v) is 8.46. The van der Waals surface area contributed by atoms with E-state index >= 15 is 0 Å². The number of esters is 1. The zero-order chi connectivity index (χ0) is 23.8. The molecule has 1 aromatic heterocycles. The van der Waals surface area contributed by atoms with Gasteiger partial charge in [-0.1, -0.05) is 18.2 Å². The molecule has 33 heavy (non-hydrogen) atoms. The van der Waals surface area contributed by atoms with Gasteiger partial charge in [0.2, 0.25) is 5.95 Å². The summed E-state index contributed by atoms with van der Waals surface area (Å²) in [5, 5.41) is 9.99. The Morgan fingerprint density at radius 3 is 2.42 bits per heavy atom. The highest BCUT2D eigenvalue weighted by molar-refractivity contribution is 5.94. The zero-order valence-corrected chi connectivity index (χ0v) is 18.8. The number of cyclic esters (lactones) is 1. The van der Waals surface area contributed by atoms with E-state index in [2.05, 4.69) is 15.3 Å². The van der Waals surface area contributed by atoms with Crippen LogP contribution in [0.2, 0.25) is 0 Å². The third-order valence-electron chi connectivity index (χ3n) is 5.83. The van der Waals surface area contributed by atoms with Crippen LogP contribution in [-0.4, -0.2) is 83.1 Å². The monoisotopic (exact) mass is 455 g/mol. The van der Waals surface area contributed by atoms with Gasteiger partial charge in [0.15, 0.2) is 0 Å². The topological polar surface area (TPSA) is 125 Å². The number of nitrogens with one attached hydrogen (secondary N) is 1. The number of amides is 1. The number of likely N-dealkylation sites (N-methyl/N-ethyl adjacent to an activating group) is 1. The van der Waals surface area contributed by atoms with E-state index in [1.54, 1.807) is 17.3 Å². The van der Waals surface area contributed by atoms with Gasteiger partial charge in [-0.15, -0.1) is 0 Å². The molecule has 176 valence electrons. The van der Waals surface area contributed by atoms with Crippen LogP contribution in [0.3, 0.4) is 0 Å². The maximum Gasteiger partial charge on any atom is 0.312 e. The average Bonchev–Trinajstić information content (AvgIpc) is 3.09. The number of carbonyl (C=O) groups is 3. The Hall–Kier alpha value is -3.53. The Labute approximate surface area is 192 Å². The molecule has 2 aliphatic heterocycles. The Balaban J connectivity index is 0.000000968. The van der Waals surface area contributed by atoms with Crippen molar-refractivity contribution in [3.05, 3.63) is 48.3 Å². The third-order valence-corrected chi connectivity index (χ3v) is 5.83. The smallest absolute Gasteiger partial charge is 0.312 e. The van der Waals surface area contributed by atoms with Crippen LogP contribution in [0.15, 0.2) is 42.7 Å². The number of carboxylic acid groups (broad SMARTS) is 1. The average molecular weight is 456 g/mol. The van der Waals surface area contributed by atoms with Gasteiger partial charge >= 0.3 is 5.97 Å². The standard InChI is InChI=1S/C22H27N5O3.CH2O2/c1-26(2)15-18-12-22(20(29)30-18)8-10-27(11-9-22)19(28)16-13-23-21(24-14-16)25-17-6-4-3-5-7-17;2-1-3/h3-7,13-14,18H,8-12,15H2,1-2H3,(H,23,24,25);1H,(H,2,3). The van der Waals surface area contributed by atoms with E-state index in [9.17, 15) is 9.59 Å². The molecule has 1 unspecified atom stereocenters. The predicted octanol–water partition coefficient (Wildman–Crippen LogP) is 2.02. The minimum atomic E-state index is -0.447. The summed E-state index contributed by atoms with van der Waals surface area (Å²) in [5.41, 5.74) is 0.884. The van der Waals surface area contributed by atoms with E-state index in [0.717, 1.165) is 18.7 Å². The first kappa shape index (κ1) is 24.1. The first-order valence-corrected chi connectivity index (χ1v) is 10.7. The number of rotatable bonds is 5. The molecule has 0 radical (unpaired) electrons. The Morgan fingerprint density at radius 2 is 1.85 bits per heavy atom. The first-order valence-electron chi connectivity index (χ1n) is 10.7. The molecule has 10 nitrogen and oxygen atoms in total. The molecule has 1 amide bonds. The number of para-hydroxylation sites is 1. The molecule has 0 saturated carbocycles. The van der Waals surface area contributed by atoms with Crippen molar-refractivity contribution in [1.82, 2.24) is 19.8 Å². The lowest BCUT2D eigenvalue weighted by molar-refractivity contribution is -0.150. The Morgan fingerprint density at radius 1 is 1.24 bits per heavy atom. The number of hydrogen-bond donors (Lipinski definition) is 2. The number of anilines is 2. The van der Waals surface area contributed by atoms with Gasteiger partial charge in [-0.3, -0.25) is 14.4 Å². The van der Waals surface area contributed by atoms with Gasteiger partial charge in [0.05, 0.1) is 11.0 Å². The van der Waals surface area contributed by atoms with Crippen molar-refractivity contribution in [3.63, 3.8) is 0 Å². The van der Waals surface area contributed by atoms with Crippen LogP contribution in [0.1, 0.15) is 29.6 Å². The van der Waals surface area contributed by atoms with Crippen LogP contribution < -0.4 is 5.32 Å². The number of carbonyl (C=O) groups excluding carboxylic acids is 2. The molecule has 1 aromatic carbocycles. The molecular weight excluding hydrogens is 426 g/mol. The zero-order valence-electron chi connectivity index (χ0n) is 18.8. The fourth-order valence-electron chi connectivity index (χ4n) is 4.23. The van der Waals surface area contributed by atoms with Crippen molar-refractivity contribution in [2.75, 3.05) is 39.0 Å². The van der Waals surface area contributed by atoms with Crippen LogP contribution in [0.5, 0.6) is 0 Å². The Bertz CT molecular complexity index is 943. The van der Waals surface area contributed by atoms with Crippen molar-refractivity contribution < 1.29 is 24.2 Å². The number of benzene rings is 1. The number of piperidine rings is 1. The van der Waals surface area contributed by atoms with Crippen molar-refractivity contribution in [2.24, 2.45) is 5.41 Å². The minimum Gasteiger partial charge on any atom is -0.483 e. The van der Waals surface area contributed by atoms with Crippen LogP contribution in [0.4, 0.5) is 11.6 Å². The molecule has 1 atom stereocenters. The van der Waals surface area contributed by atoms with E-state index < -0.39 is 5.41 Å². The number of aromatic nitrogens is 2. The highest BCUT2D eigenvalue weighted by atomic mass is 16.6. The largest absolute Gasteiger partial charge is 0.483 e. The predicted molar refractivity (Wildman–Crippen MR) is 121 cm³/mol. The fourth-order valence-corrected chi connectivity index (χ4v) is 4.23. The second-order valence-electron chi connectivity index (χ2n) is 8.46. The maximum atomic E-state index is 12.9. The summed E-state index contributed by atoms with van der Waals surface area (Å²) in [6, 6.07) is 9.62. The molecule has 3 heterocycles. The first-order chi connectivity index (χ1) is 15.9. The summed E-state index contributed by atoms with van der Waals surface area (Å²) >= 11 is 0. The summed E-state index contributed by atoms with van der Waals surface area (Å²) < 4.78 is 5.60. The number of likely N-dealkylation sites (tertiary alicyclic amines) is 1. The molecule has 4 rings (SSSR count).